The minimum Gasteiger partial charge on any atom is -0.312 e. The Morgan fingerprint density at radius 1 is 1.37 bits per heavy atom. The molecule has 0 bridgehead atoms. The van der Waals surface area contributed by atoms with E-state index in [-0.39, 0.29) is 6.04 Å². The normalized spacial score (nSPS) is 12.5. The van der Waals surface area contributed by atoms with Crippen molar-refractivity contribution in [3.8, 4) is 0 Å². The fraction of sp³-hybridized carbons (Fsp3) is 0.500. The molecule has 0 amide bonds. The SMILES string of the molecule is CCCn1nncc1C(CCc1cccnc1)NC. The van der Waals surface area contributed by atoms with E-state index in [9.17, 15) is 0 Å². The quantitative estimate of drug-likeness (QED) is 0.826. The van der Waals surface area contributed by atoms with Gasteiger partial charge in [0.2, 0.25) is 0 Å². The van der Waals surface area contributed by atoms with E-state index >= 15 is 0 Å². The van der Waals surface area contributed by atoms with Gasteiger partial charge in [0, 0.05) is 18.9 Å². The van der Waals surface area contributed by atoms with Gasteiger partial charge < -0.3 is 5.32 Å². The van der Waals surface area contributed by atoms with Gasteiger partial charge in [-0.05, 0) is 37.9 Å². The molecule has 0 fully saturated rings. The van der Waals surface area contributed by atoms with Crippen LogP contribution in [0.15, 0.2) is 30.7 Å². The summed E-state index contributed by atoms with van der Waals surface area (Å²) in [4.78, 5) is 4.15. The molecule has 0 aliphatic carbocycles. The van der Waals surface area contributed by atoms with Crippen LogP contribution in [0.2, 0.25) is 0 Å². The van der Waals surface area contributed by atoms with Crippen molar-refractivity contribution in [1.82, 2.24) is 25.3 Å². The van der Waals surface area contributed by atoms with Crippen LogP contribution in [0, 0.1) is 0 Å². The fourth-order valence-electron chi connectivity index (χ4n) is 2.22. The fourth-order valence-corrected chi connectivity index (χ4v) is 2.22. The van der Waals surface area contributed by atoms with E-state index in [4.69, 9.17) is 0 Å². The summed E-state index contributed by atoms with van der Waals surface area (Å²) in [5, 5.41) is 11.5. The van der Waals surface area contributed by atoms with Crippen molar-refractivity contribution in [3.05, 3.63) is 42.0 Å². The van der Waals surface area contributed by atoms with E-state index in [1.165, 1.54) is 5.56 Å². The molecule has 102 valence electrons. The highest BCUT2D eigenvalue weighted by atomic mass is 15.4. The second-order valence-corrected chi connectivity index (χ2v) is 4.62. The molecule has 0 spiro atoms. The number of aromatic nitrogens is 4. The van der Waals surface area contributed by atoms with Crippen molar-refractivity contribution < 1.29 is 0 Å². The number of pyridine rings is 1. The minimum absolute atomic E-state index is 0.279. The molecule has 2 aromatic heterocycles. The van der Waals surface area contributed by atoms with Crippen LogP contribution < -0.4 is 5.32 Å². The monoisotopic (exact) mass is 259 g/mol. The van der Waals surface area contributed by atoms with Gasteiger partial charge in [0.25, 0.3) is 0 Å². The van der Waals surface area contributed by atoms with E-state index < -0.39 is 0 Å². The zero-order valence-electron chi connectivity index (χ0n) is 11.6. The molecule has 2 aromatic rings. The number of hydrogen-bond acceptors (Lipinski definition) is 4. The van der Waals surface area contributed by atoms with E-state index in [0.29, 0.717) is 0 Å². The maximum Gasteiger partial charge on any atom is 0.0756 e. The Morgan fingerprint density at radius 2 is 2.26 bits per heavy atom. The summed E-state index contributed by atoms with van der Waals surface area (Å²) in [5.41, 5.74) is 2.42. The largest absolute Gasteiger partial charge is 0.312 e. The lowest BCUT2D eigenvalue weighted by Gasteiger charge is -2.16. The summed E-state index contributed by atoms with van der Waals surface area (Å²) in [6.07, 6.45) is 8.67. The van der Waals surface area contributed by atoms with Gasteiger partial charge in [0.1, 0.15) is 0 Å². The highest BCUT2D eigenvalue weighted by Gasteiger charge is 2.14. The molecule has 19 heavy (non-hydrogen) atoms. The Morgan fingerprint density at radius 3 is 2.95 bits per heavy atom. The minimum atomic E-state index is 0.279. The summed E-state index contributed by atoms with van der Waals surface area (Å²) in [5.74, 6) is 0. The summed E-state index contributed by atoms with van der Waals surface area (Å²) in [6.45, 7) is 3.07. The lowest BCUT2D eigenvalue weighted by Crippen LogP contribution is -2.21. The standard InChI is InChI=1S/C14H21N5/c1-3-9-19-14(11-17-18-19)13(15-2)7-6-12-5-4-8-16-10-12/h4-5,8,10-11,13,15H,3,6-7,9H2,1-2H3. The van der Waals surface area contributed by atoms with Crippen molar-refractivity contribution >= 4 is 0 Å². The van der Waals surface area contributed by atoms with Crippen LogP contribution in [0.25, 0.3) is 0 Å². The second-order valence-electron chi connectivity index (χ2n) is 4.62. The van der Waals surface area contributed by atoms with Crippen molar-refractivity contribution in [2.45, 2.75) is 38.8 Å². The summed E-state index contributed by atoms with van der Waals surface area (Å²) in [6, 6.07) is 4.37. The first-order chi connectivity index (χ1) is 9.35. The van der Waals surface area contributed by atoms with Gasteiger partial charge in [-0.3, -0.25) is 4.98 Å². The molecular formula is C14H21N5. The number of nitrogens with zero attached hydrogens (tertiary/aromatic N) is 4. The average molecular weight is 259 g/mol. The van der Waals surface area contributed by atoms with Gasteiger partial charge in [-0.15, -0.1) is 5.10 Å². The van der Waals surface area contributed by atoms with Crippen LogP contribution in [0.3, 0.4) is 0 Å². The van der Waals surface area contributed by atoms with Crippen LogP contribution in [0.4, 0.5) is 0 Å². The zero-order chi connectivity index (χ0) is 13.5. The molecule has 0 saturated carbocycles. The summed E-state index contributed by atoms with van der Waals surface area (Å²) >= 11 is 0. The predicted octanol–water partition coefficient (Wildman–Crippen LogP) is 1.98. The Labute approximate surface area is 114 Å². The number of aryl methyl sites for hydroxylation is 2. The number of rotatable bonds is 7. The van der Waals surface area contributed by atoms with Crippen LogP contribution >= 0.6 is 0 Å². The van der Waals surface area contributed by atoms with Crippen molar-refractivity contribution in [2.24, 2.45) is 0 Å². The van der Waals surface area contributed by atoms with Gasteiger partial charge in [-0.2, -0.15) is 0 Å². The van der Waals surface area contributed by atoms with E-state index in [2.05, 4.69) is 33.6 Å². The van der Waals surface area contributed by atoms with Crippen LogP contribution in [-0.2, 0) is 13.0 Å². The molecule has 0 aliphatic heterocycles. The molecule has 5 heteroatoms. The molecule has 1 atom stereocenters. The molecule has 1 N–H and O–H groups in total. The second kappa shape index (κ2) is 6.99. The third-order valence-corrected chi connectivity index (χ3v) is 3.23. The summed E-state index contributed by atoms with van der Waals surface area (Å²) < 4.78 is 1.99. The third kappa shape index (κ3) is 3.61. The molecule has 5 nitrogen and oxygen atoms in total. The zero-order valence-corrected chi connectivity index (χ0v) is 11.6. The van der Waals surface area contributed by atoms with Gasteiger partial charge in [0.15, 0.2) is 0 Å². The van der Waals surface area contributed by atoms with E-state index in [0.717, 1.165) is 31.5 Å². The number of nitrogens with one attached hydrogen (secondary N) is 1. The molecule has 2 heterocycles. The highest BCUT2D eigenvalue weighted by Crippen LogP contribution is 2.18. The molecule has 0 radical (unpaired) electrons. The van der Waals surface area contributed by atoms with Gasteiger partial charge in [-0.1, -0.05) is 18.2 Å². The molecule has 0 aliphatic rings. The van der Waals surface area contributed by atoms with E-state index in [1.807, 2.05) is 30.2 Å². The summed E-state index contributed by atoms with van der Waals surface area (Å²) in [7, 11) is 1.98. The van der Waals surface area contributed by atoms with Crippen LogP contribution in [-0.4, -0.2) is 27.0 Å². The van der Waals surface area contributed by atoms with Crippen LogP contribution in [0.5, 0.6) is 0 Å². The Hall–Kier alpha value is -1.75. The lowest BCUT2D eigenvalue weighted by molar-refractivity contribution is 0.472. The Bertz CT molecular complexity index is 480. The average Bonchev–Trinajstić information content (AvgIpc) is 2.90. The van der Waals surface area contributed by atoms with Gasteiger partial charge in [-0.25, -0.2) is 4.68 Å². The predicted molar refractivity (Wildman–Crippen MR) is 74.7 cm³/mol. The van der Waals surface area contributed by atoms with Crippen molar-refractivity contribution in [3.63, 3.8) is 0 Å². The molecule has 2 rings (SSSR count). The van der Waals surface area contributed by atoms with E-state index in [1.54, 1.807) is 6.20 Å². The van der Waals surface area contributed by atoms with Gasteiger partial charge in [0.05, 0.1) is 17.9 Å². The third-order valence-electron chi connectivity index (χ3n) is 3.23. The first kappa shape index (κ1) is 13.7. The molecule has 0 saturated heterocycles. The van der Waals surface area contributed by atoms with Gasteiger partial charge >= 0.3 is 0 Å². The molecule has 1 unspecified atom stereocenters. The highest BCUT2D eigenvalue weighted by molar-refractivity contribution is 5.10. The topological polar surface area (TPSA) is 55.6 Å². The lowest BCUT2D eigenvalue weighted by atomic mass is 10.0. The number of hydrogen-bond donors (Lipinski definition) is 1. The Balaban J connectivity index is 2.01. The molecule has 0 aromatic carbocycles. The maximum absolute atomic E-state index is 4.15. The van der Waals surface area contributed by atoms with Crippen molar-refractivity contribution in [2.75, 3.05) is 7.05 Å². The van der Waals surface area contributed by atoms with Crippen molar-refractivity contribution in [1.29, 1.82) is 0 Å². The van der Waals surface area contributed by atoms with Crippen LogP contribution in [0.1, 0.15) is 37.1 Å². The smallest absolute Gasteiger partial charge is 0.0756 e. The molecular weight excluding hydrogens is 238 g/mol. The Kier molecular flexibility index (Phi) is 5.03. The first-order valence-corrected chi connectivity index (χ1v) is 6.79. The maximum atomic E-state index is 4.15. The first-order valence-electron chi connectivity index (χ1n) is 6.79.